The molecule has 0 radical (unpaired) electrons. The highest BCUT2D eigenvalue weighted by Gasteiger charge is 2.27. The van der Waals surface area contributed by atoms with Gasteiger partial charge in [0.1, 0.15) is 0 Å². The van der Waals surface area contributed by atoms with Crippen LogP contribution in [0.3, 0.4) is 0 Å². The fourth-order valence-electron chi connectivity index (χ4n) is 1.51. The molecule has 0 aromatic heterocycles. The summed E-state index contributed by atoms with van der Waals surface area (Å²) in [7, 11) is 1.75. The second-order valence-corrected chi connectivity index (χ2v) is 3.64. The number of ether oxygens (including phenoxy) is 1. The number of hydrogen-bond acceptors (Lipinski definition) is 3. The molecule has 0 aromatic carbocycles. The Kier molecular flexibility index (Phi) is 5.62. The van der Waals surface area contributed by atoms with Crippen molar-refractivity contribution in [3.05, 3.63) is 0 Å². The topological polar surface area (TPSA) is 24.5 Å². The zero-order valence-electron chi connectivity index (χ0n) is 8.96. The van der Waals surface area contributed by atoms with Gasteiger partial charge in [-0.05, 0) is 12.8 Å². The third-order valence-electron chi connectivity index (χ3n) is 2.45. The van der Waals surface area contributed by atoms with E-state index in [0.717, 1.165) is 32.3 Å². The maximum Gasteiger partial charge on any atom is 0.0589 e. The quantitative estimate of drug-likeness (QED) is 0.447. The van der Waals surface area contributed by atoms with Crippen LogP contribution in [0.2, 0.25) is 0 Å². The van der Waals surface area contributed by atoms with Crippen molar-refractivity contribution in [1.29, 1.82) is 0 Å². The van der Waals surface area contributed by atoms with Gasteiger partial charge in [0, 0.05) is 32.8 Å². The summed E-state index contributed by atoms with van der Waals surface area (Å²) in [5.74, 6) is 2.58. The Morgan fingerprint density at radius 1 is 1.50 bits per heavy atom. The smallest absolute Gasteiger partial charge is 0.0589 e. The van der Waals surface area contributed by atoms with Gasteiger partial charge in [-0.1, -0.05) is 5.92 Å². The Morgan fingerprint density at radius 2 is 2.29 bits per heavy atom. The first-order chi connectivity index (χ1) is 6.88. The Hall–Kier alpha value is -0.560. The first-order valence-electron chi connectivity index (χ1n) is 5.25. The molecule has 0 spiro atoms. The number of terminal acetylenes is 1. The van der Waals surface area contributed by atoms with Crippen molar-refractivity contribution < 1.29 is 4.74 Å². The minimum atomic E-state index is 0.669. The van der Waals surface area contributed by atoms with Gasteiger partial charge in [0.25, 0.3) is 0 Å². The van der Waals surface area contributed by atoms with Crippen LogP contribution in [0.5, 0.6) is 0 Å². The van der Waals surface area contributed by atoms with E-state index in [1.807, 2.05) is 0 Å². The van der Waals surface area contributed by atoms with Crippen LogP contribution >= 0.6 is 0 Å². The predicted octanol–water partition coefficient (Wildman–Crippen LogP) is 0.320. The number of nitrogens with one attached hydrogen (secondary N) is 1. The molecule has 0 heterocycles. The van der Waals surface area contributed by atoms with Gasteiger partial charge in [-0.25, -0.2) is 0 Å². The van der Waals surface area contributed by atoms with Crippen molar-refractivity contribution in [2.45, 2.75) is 18.9 Å². The van der Waals surface area contributed by atoms with Crippen molar-refractivity contribution in [3.63, 3.8) is 0 Å². The maximum absolute atomic E-state index is 5.15. The number of rotatable bonds is 8. The van der Waals surface area contributed by atoms with Crippen molar-refractivity contribution in [2.75, 3.05) is 39.9 Å². The van der Waals surface area contributed by atoms with E-state index in [-0.39, 0.29) is 0 Å². The monoisotopic (exact) mass is 196 g/mol. The van der Waals surface area contributed by atoms with Gasteiger partial charge in [0.2, 0.25) is 0 Å². The third kappa shape index (κ3) is 4.61. The van der Waals surface area contributed by atoms with Crippen LogP contribution < -0.4 is 5.32 Å². The van der Waals surface area contributed by atoms with Crippen molar-refractivity contribution in [3.8, 4) is 12.3 Å². The van der Waals surface area contributed by atoms with Gasteiger partial charge in [-0.2, -0.15) is 0 Å². The first-order valence-corrected chi connectivity index (χ1v) is 5.25. The van der Waals surface area contributed by atoms with E-state index in [4.69, 9.17) is 11.2 Å². The van der Waals surface area contributed by atoms with Crippen LogP contribution in [0.1, 0.15) is 12.8 Å². The summed E-state index contributed by atoms with van der Waals surface area (Å²) >= 11 is 0. The van der Waals surface area contributed by atoms with Crippen LogP contribution in [0, 0.1) is 12.3 Å². The van der Waals surface area contributed by atoms with Gasteiger partial charge in [-0.15, -0.1) is 6.42 Å². The van der Waals surface area contributed by atoms with Crippen LogP contribution in [0.25, 0.3) is 0 Å². The van der Waals surface area contributed by atoms with Crippen molar-refractivity contribution in [1.82, 2.24) is 10.2 Å². The number of nitrogens with zero attached hydrogens (tertiary/aromatic N) is 1. The molecule has 1 rings (SSSR count). The van der Waals surface area contributed by atoms with E-state index in [1.54, 1.807) is 7.11 Å². The molecule has 0 aliphatic heterocycles. The van der Waals surface area contributed by atoms with E-state index in [1.165, 1.54) is 12.8 Å². The van der Waals surface area contributed by atoms with Gasteiger partial charge in [-0.3, -0.25) is 4.90 Å². The molecule has 1 aliphatic carbocycles. The summed E-state index contributed by atoms with van der Waals surface area (Å²) in [4.78, 5) is 2.48. The molecule has 3 heteroatoms. The molecular weight excluding hydrogens is 176 g/mol. The fourth-order valence-corrected chi connectivity index (χ4v) is 1.51. The summed E-state index contributed by atoms with van der Waals surface area (Å²) in [6, 6.07) is 0.804. The minimum Gasteiger partial charge on any atom is -0.383 e. The lowest BCUT2D eigenvalue weighted by Gasteiger charge is -2.21. The summed E-state index contributed by atoms with van der Waals surface area (Å²) in [6.07, 6.45) is 7.84. The molecule has 0 saturated heterocycles. The lowest BCUT2D eigenvalue weighted by Crippen LogP contribution is -2.36. The summed E-state index contributed by atoms with van der Waals surface area (Å²) in [5.41, 5.74) is 0. The van der Waals surface area contributed by atoms with Crippen molar-refractivity contribution in [2.24, 2.45) is 0 Å². The van der Waals surface area contributed by atoms with Crippen LogP contribution in [0.4, 0.5) is 0 Å². The molecule has 0 amide bonds. The maximum atomic E-state index is 5.15. The second kappa shape index (κ2) is 6.83. The van der Waals surface area contributed by atoms with Gasteiger partial charge < -0.3 is 10.1 Å². The molecule has 0 atom stereocenters. The summed E-state index contributed by atoms with van der Waals surface area (Å²) in [6.45, 7) is 4.59. The first kappa shape index (κ1) is 11.5. The molecule has 80 valence electrons. The highest BCUT2D eigenvalue weighted by Crippen LogP contribution is 2.25. The van der Waals surface area contributed by atoms with Gasteiger partial charge in [0.15, 0.2) is 0 Å². The fraction of sp³-hybridized carbons (Fsp3) is 0.818. The van der Waals surface area contributed by atoms with E-state index >= 15 is 0 Å². The molecule has 0 aromatic rings. The largest absolute Gasteiger partial charge is 0.383 e. The molecule has 1 N–H and O–H groups in total. The molecule has 1 saturated carbocycles. The summed E-state index contributed by atoms with van der Waals surface area (Å²) in [5, 5.41) is 3.21. The van der Waals surface area contributed by atoms with Gasteiger partial charge in [0.05, 0.1) is 13.2 Å². The number of hydrogen-bond donors (Lipinski definition) is 1. The van der Waals surface area contributed by atoms with Crippen LogP contribution in [-0.4, -0.2) is 50.8 Å². The molecule has 1 fully saturated rings. The summed E-state index contributed by atoms with van der Waals surface area (Å²) < 4.78 is 5.08. The normalized spacial score (nSPS) is 15.8. The zero-order valence-corrected chi connectivity index (χ0v) is 8.96. The Bertz CT molecular complexity index is 184. The average molecular weight is 196 g/mol. The van der Waals surface area contributed by atoms with E-state index in [2.05, 4.69) is 16.1 Å². The standard InChI is InChI=1S/C11H20N2O/c1-3-6-12-7-8-13(9-10-14-2)11-4-5-11/h1,11-12H,4-10H2,2H3. The molecule has 3 nitrogen and oxygen atoms in total. The zero-order chi connectivity index (χ0) is 10.2. The molecule has 1 aliphatic rings. The van der Waals surface area contributed by atoms with Gasteiger partial charge >= 0.3 is 0 Å². The molecular formula is C11H20N2O. The molecule has 0 unspecified atom stereocenters. The molecule has 14 heavy (non-hydrogen) atoms. The highest BCUT2D eigenvalue weighted by molar-refractivity contribution is 4.88. The average Bonchev–Trinajstić information content (AvgIpc) is 3.00. The lowest BCUT2D eigenvalue weighted by atomic mass is 10.4. The van der Waals surface area contributed by atoms with Crippen molar-refractivity contribution >= 4 is 0 Å². The molecule has 0 bridgehead atoms. The second-order valence-electron chi connectivity index (χ2n) is 3.64. The highest BCUT2D eigenvalue weighted by atomic mass is 16.5. The Balaban J connectivity index is 2.06. The minimum absolute atomic E-state index is 0.669. The van der Waals surface area contributed by atoms with Crippen LogP contribution in [-0.2, 0) is 4.74 Å². The Labute approximate surface area is 86.8 Å². The Morgan fingerprint density at radius 3 is 2.86 bits per heavy atom. The van der Waals surface area contributed by atoms with Crippen LogP contribution in [0.15, 0.2) is 0 Å². The predicted molar refractivity (Wildman–Crippen MR) is 58.2 cm³/mol. The SMILES string of the molecule is C#CCNCCN(CCOC)C1CC1. The van der Waals surface area contributed by atoms with E-state index < -0.39 is 0 Å². The lowest BCUT2D eigenvalue weighted by molar-refractivity contribution is 0.144. The van der Waals surface area contributed by atoms with E-state index in [0.29, 0.717) is 6.54 Å². The number of methoxy groups -OCH3 is 1. The third-order valence-corrected chi connectivity index (χ3v) is 2.45. The van der Waals surface area contributed by atoms with E-state index in [9.17, 15) is 0 Å².